The van der Waals surface area contributed by atoms with Crippen molar-refractivity contribution >= 4 is 5.91 Å². The van der Waals surface area contributed by atoms with Crippen LogP contribution in [0.4, 0.5) is 0 Å². The molecule has 0 bridgehead atoms. The molecule has 1 aliphatic heterocycles. The van der Waals surface area contributed by atoms with E-state index in [9.17, 15) is 9.90 Å². The lowest BCUT2D eigenvalue weighted by atomic mass is 9.86. The number of nitrogens with zero attached hydrogens (tertiary/aromatic N) is 1. The second-order valence-corrected chi connectivity index (χ2v) is 6.16. The van der Waals surface area contributed by atoms with Gasteiger partial charge in [0.25, 0.3) is 0 Å². The van der Waals surface area contributed by atoms with Crippen molar-refractivity contribution in [3.8, 4) is 11.8 Å². The highest BCUT2D eigenvalue weighted by atomic mass is 16.5. The summed E-state index contributed by atoms with van der Waals surface area (Å²) in [6.45, 7) is 5.59. The molecule has 1 aromatic carbocycles. The van der Waals surface area contributed by atoms with Crippen molar-refractivity contribution in [2.24, 2.45) is 0 Å². The number of nitrogens with one attached hydrogen (secondary N) is 1. The SMILES string of the molecule is CCCCC(=O)N[C@@H]1c2cc(C#N)ccc2OC(C)(C)[C@H]1O. The second-order valence-electron chi connectivity index (χ2n) is 6.16. The molecular formula is C17H22N2O3. The lowest BCUT2D eigenvalue weighted by Crippen LogP contribution is -2.53. The fraction of sp³-hybridized carbons (Fsp3) is 0.529. The molecule has 22 heavy (non-hydrogen) atoms. The van der Waals surface area contributed by atoms with E-state index in [0.29, 0.717) is 23.3 Å². The zero-order chi connectivity index (χ0) is 16.3. The molecular weight excluding hydrogens is 280 g/mol. The molecule has 5 heteroatoms. The van der Waals surface area contributed by atoms with Crippen LogP contribution in [0.1, 0.15) is 57.2 Å². The summed E-state index contributed by atoms with van der Waals surface area (Å²) < 4.78 is 5.81. The number of fused-ring (bicyclic) bond motifs is 1. The lowest BCUT2D eigenvalue weighted by molar-refractivity contribution is -0.125. The van der Waals surface area contributed by atoms with E-state index in [4.69, 9.17) is 10.00 Å². The van der Waals surface area contributed by atoms with Gasteiger partial charge in [0, 0.05) is 12.0 Å². The first-order valence-corrected chi connectivity index (χ1v) is 7.59. The van der Waals surface area contributed by atoms with Crippen molar-refractivity contribution in [1.29, 1.82) is 5.26 Å². The van der Waals surface area contributed by atoms with Gasteiger partial charge in [0.1, 0.15) is 17.5 Å². The Labute approximate surface area is 130 Å². The third-order valence-electron chi connectivity index (χ3n) is 3.95. The highest BCUT2D eigenvalue weighted by Gasteiger charge is 2.43. The van der Waals surface area contributed by atoms with Gasteiger partial charge in [-0.05, 0) is 38.5 Å². The minimum Gasteiger partial charge on any atom is -0.485 e. The molecule has 0 fully saturated rings. The first-order chi connectivity index (χ1) is 10.4. The standard InChI is InChI=1S/C17H22N2O3/c1-4-5-6-14(20)19-15-12-9-11(10-18)7-8-13(12)22-17(2,3)16(15)21/h7-9,15-16,21H,4-6H2,1-3H3,(H,19,20)/t15-,16+/m1/s1. The summed E-state index contributed by atoms with van der Waals surface area (Å²) in [6, 6.07) is 6.55. The predicted molar refractivity (Wildman–Crippen MR) is 82.3 cm³/mol. The highest BCUT2D eigenvalue weighted by Crippen LogP contribution is 2.40. The number of aliphatic hydroxyl groups excluding tert-OH is 1. The van der Waals surface area contributed by atoms with Gasteiger partial charge in [0.2, 0.25) is 5.91 Å². The molecule has 0 aliphatic carbocycles. The molecule has 0 aromatic heterocycles. The number of carbonyl (C=O) groups is 1. The average Bonchev–Trinajstić information content (AvgIpc) is 2.49. The van der Waals surface area contributed by atoms with Gasteiger partial charge in [-0.1, -0.05) is 13.3 Å². The molecule has 118 valence electrons. The average molecular weight is 302 g/mol. The number of aliphatic hydroxyl groups is 1. The maximum absolute atomic E-state index is 12.1. The van der Waals surface area contributed by atoms with Crippen molar-refractivity contribution in [3.05, 3.63) is 29.3 Å². The number of ether oxygens (including phenoxy) is 1. The van der Waals surface area contributed by atoms with Crippen LogP contribution in [0, 0.1) is 11.3 Å². The van der Waals surface area contributed by atoms with Gasteiger partial charge in [-0.25, -0.2) is 0 Å². The van der Waals surface area contributed by atoms with Crippen LogP contribution in [0.3, 0.4) is 0 Å². The normalized spacial score (nSPS) is 22.1. The van der Waals surface area contributed by atoms with E-state index in [1.165, 1.54) is 0 Å². The Morgan fingerprint density at radius 3 is 2.86 bits per heavy atom. The van der Waals surface area contributed by atoms with Crippen molar-refractivity contribution in [2.75, 3.05) is 0 Å². The molecule has 5 nitrogen and oxygen atoms in total. The topological polar surface area (TPSA) is 82.4 Å². The molecule has 2 atom stereocenters. The Hall–Kier alpha value is -2.06. The largest absolute Gasteiger partial charge is 0.485 e. The third kappa shape index (κ3) is 3.23. The number of unbranched alkanes of at least 4 members (excludes halogenated alkanes) is 1. The van der Waals surface area contributed by atoms with Gasteiger partial charge in [-0.3, -0.25) is 4.79 Å². The zero-order valence-corrected chi connectivity index (χ0v) is 13.2. The highest BCUT2D eigenvalue weighted by molar-refractivity contribution is 5.76. The summed E-state index contributed by atoms with van der Waals surface area (Å²) in [4.78, 5) is 12.1. The number of amides is 1. The van der Waals surface area contributed by atoms with Gasteiger partial charge >= 0.3 is 0 Å². The van der Waals surface area contributed by atoms with Crippen molar-refractivity contribution in [1.82, 2.24) is 5.32 Å². The van der Waals surface area contributed by atoms with E-state index in [-0.39, 0.29) is 5.91 Å². The van der Waals surface area contributed by atoms with E-state index in [0.717, 1.165) is 12.8 Å². The van der Waals surface area contributed by atoms with Gasteiger partial charge in [0.05, 0.1) is 17.7 Å². The number of nitriles is 1. The molecule has 1 heterocycles. The van der Waals surface area contributed by atoms with Crippen molar-refractivity contribution in [3.63, 3.8) is 0 Å². The van der Waals surface area contributed by atoms with E-state index in [1.54, 1.807) is 32.0 Å². The monoisotopic (exact) mass is 302 g/mol. The number of hydrogen-bond acceptors (Lipinski definition) is 4. The van der Waals surface area contributed by atoms with Crippen LogP contribution < -0.4 is 10.1 Å². The van der Waals surface area contributed by atoms with E-state index in [2.05, 4.69) is 11.4 Å². The molecule has 1 aliphatic rings. The predicted octanol–water partition coefficient (Wildman–Crippen LogP) is 2.44. The summed E-state index contributed by atoms with van der Waals surface area (Å²) in [5.41, 5.74) is 0.307. The maximum Gasteiger partial charge on any atom is 0.220 e. The Balaban J connectivity index is 2.34. The molecule has 0 saturated carbocycles. The fourth-order valence-corrected chi connectivity index (χ4v) is 2.61. The van der Waals surface area contributed by atoms with Gasteiger partial charge in [0.15, 0.2) is 0 Å². The number of rotatable bonds is 4. The van der Waals surface area contributed by atoms with Crippen molar-refractivity contribution < 1.29 is 14.6 Å². The number of carbonyl (C=O) groups excluding carboxylic acids is 1. The summed E-state index contributed by atoms with van der Waals surface area (Å²) in [5, 5.41) is 22.5. The van der Waals surface area contributed by atoms with Crippen LogP contribution in [0.5, 0.6) is 5.75 Å². The Morgan fingerprint density at radius 2 is 2.23 bits per heavy atom. The fourth-order valence-electron chi connectivity index (χ4n) is 2.61. The van der Waals surface area contributed by atoms with Crippen molar-refractivity contribution in [2.45, 2.75) is 57.8 Å². The number of benzene rings is 1. The van der Waals surface area contributed by atoms with Crippen LogP contribution in [-0.2, 0) is 4.79 Å². The van der Waals surface area contributed by atoms with Gasteiger partial charge in [-0.2, -0.15) is 5.26 Å². The molecule has 0 saturated heterocycles. The molecule has 2 N–H and O–H groups in total. The smallest absolute Gasteiger partial charge is 0.220 e. The van der Waals surface area contributed by atoms with Gasteiger partial charge in [-0.15, -0.1) is 0 Å². The maximum atomic E-state index is 12.1. The Kier molecular flexibility index (Phi) is 4.72. The van der Waals surface area contributed by atoms with Gasteiger partial charge < -0.3 is 15.2 Å². The summed E-state index contributed by atoms with van der Waals surface area (Å²) >= 11 is 0. The first-order valence-electron chi connectivity index (χ1n) is 7.59. The molecule has 1 aromatic rings. The minimum absolute atomic E-state index is 0.100. The lowest BCUT2D eigenvalue weighted by Gasteiger charge is -2.42. The summed E-state index contributed by atoms with van der Waals surface area (Å²) in [7, 11) is 0. The molecule has 0 radical (unpaired) electrons. The van der Waals surface area contributed by atoms with E-state index < -0.39 is 17.7 Å². The molecule has 0 spiro atoms. The van der Waals surface area contributed by atoms with Crippen LogP contribution >= 0.6 is 0 Å². The third-order valence-corrected chi connectivity index (χ3v) is 3.95. The van der Waals surface area contributed by atoms with E-state index >= 15 is 0 Å². The molecule has 1 amide bonds. The molecule has 2 rings (SSSR count). The van der Waals surface area contributed by atoms with Crippen LogP contribution in [0.25, 0.3) is 0 Å². The second kappa shape index (κ2) is 6.37. The summed E-state index contributed by atoms with van der Waals surface area (Å²) in [5.74, 6) is 0.493. The van der Waals surface area contributed by atoms with Crippen LogP contribution in [0.2, 0.25) is 0 Å². The van der Waals surface area contributed by atoms with E-state index in [1.807, 2.05) is 6.92 Å². The zero-order valence-electron chi connectivity index (χ0n) is 13.2. The number of hydrogen-bond donors (Lipinski definition) is 2. The first kappa shape index (κ1) is 16.3. The minimum atomic E-state index is -0.889. The Bertz CT molecular complexity index is 604. The molecule has 0 unspecified atom stereocenters. The quantitative estimate of drug-likeness (QED) is 0.895. The summed E-state index contributed by atoms with van der Waals surface area (Å²) in [6.07, 6.45) is 1.28. The van der Waals surface area contributed by atoms with Crippen LogP contribution in [-0.4, -0.2) is 22.7 Å². The van der Waals surface area contributed by atoms with Crippen LogP contribution in [0.15, 0.2) is 18.2 Å². The Morgan fingerprint density at radius 1 is 1.50 bits per heavy atom.